The topological polar surface area (TPSA) is 88.0 Å². The molecule has 0 saturated heterocycles. The number of rotatable bonds is 19. The molecular weight excluding hydrogens is 481 g/mol. The molecule has 6 nitrogen and oxygen atoms in total. The van der Waals surface area contributed by atoms with Crippen molar-refractivity contribution in [3.63, 3.8) is 0 Å². The molecule has 0 aromatic heterocycles. The van der Waals surface area contributed by atoms with Crippen molar-refractivity contribution >= 4 is 24.4 Å². The summed E-state index contributed by atoms with van der Waals surface area (Å²) in [7, 11) is 0. The van der Waals surface area contributed by atoms with Gasteiger partial charge >= 0.3 is 6.72 Å². The predicted molar refractivity (Wildman–Crippen MR) is 153 cm³/mol. The van der Waals surface area contributed by atoms with Gasteiger partial charge in [-0.25, -0.2) is 5.26 Å². The lowest BCUT2D eigenvalue weighted by atomic mass is 9.89. The quantitative estimate of drug-likeness (QED) is 0.0512. The molecule has 35 heavy (non-hydrogen) atoms. The molecule has 1 unspecified atom stereocenters. The summed E-state index contributed by atoms with van der Waals surface area (Å²) in [6.07, 6.45) is 23.8. The van der Waals surface area contributed by atoms with Crippen molar-refractivity contribution in [2.75, 3.05) is 0 Å². The normalized spacial score (nSPS) is 14.3. The predicted octanol–water partition coefficient (Wildman–Crippen LogP) is 8.16. The van der Waals surface area contributed by atoms with Gasteiger partial charge in [0, 0.05) is 12.0 Å². The zero-order valence-electron chi connectivity index (χ0n) is 22.6. The maximum Gasteiger partial charge on any atom is 0.353 e. The van der Waals surface area contributed by atoms with Crippen molar-refractivity contribution in [3.05, 3.63) is 49.6 Å². The minimum Gasteiger partial charge on any atom is -0.351 e. The van der Waals surface area contributed by atoms with Crippen LogP contribution < -0.4 is 5.32 Å². The van der Waals surface area contributed by atoms with Gasteiger partial charge in [0.2, 0.25) is 5.91 Å². The monoisotopic (exact) mass is 531 g/mol. The number of nitrogens with one attached hydrogen (secondary N) is 1. The van der Waals surface area contributed by atoms with Crippen LogP contribution in [0.5, 0.6) is 0 Å². The smallest absolute Gasteiger partial charge is 0.351 e. The number of carbonyl (C=O) groups excluding carboxylic acids is 1. The van der Waals surface area contributed by atoms with E-state index in [1.807, 2.05) is 13.8 Å². The molecule has 3 N–H and O–H groups in total. The number of hydrogen-bond acceptors (Lipinski definition) is 5. The molecule has 0 heterocycles. The van der Waals surface area contributed by atoms with Gasteiger partial charge in [0.15, 0.2) is 0 Å². The highest BCUT2D eigenvalue weighted by atomic mass is 32.5. The first-order chi connectivity index (χ1) is 16.4. The van der Waals surface area contributed by atoms with Crippen molar-refractivity contribution < 1.29 is 24.1 Å². The van der Waals surface area contributed by atoms with E-state index in [0.29, 0.717) is 12.8 Å². The minimum absolute atomic E-state index is 0.00110. The van der Waals surface area contributed by atoms with Crippen LogP contribution in [0.3, 0.4) is 0 Å². The van der Waals surface area contributed by atoms with Crippen LogP contribution in [-0.4, -0.2) is 27.2 Å². The van der Waals surface area contributed by atoms with Crippen molar-refractivity contribution in [3.8, 4) is 0 Å². The highest BCUT2D eigenvalue weighted by molar-refractivity contribution is 8.07. The zero-order chi connectivity index (χ0) is 27.2. The Morgan fingerprint density at radius 3 is 2.03 bits per heavy atom. The van der Waals surface area contributed by atoms with Crippen LogP contribution in [-0.2, 0) is 25.8 Å². The molecule has 0 aliphatic heterocycles. The Balaban J connectivity index is 0. The van der Waals surface area contributed by atoms with E-state index in [1.54, 1.807) is 13.8 Å². The summed E-state index contributed by atoms with van der Waals surface area (Å²) >= 11 is 4.69. The first-order valence-electron chi connectivity index (χ1n) is 12.6. The fourth-order valence-electron chi connectivity index (χ4n) is 3.81. The van der Waals surface area contributed by atoms with E-state index >= 15 is 0 Å². The Hall–Kier alpha value is -1.08. The van der Waals surface area contributed by atoms with E-state index in [2.05, 4.69) is 66.5 Å². The van der Waals surface area contributed by atoms with Crippen molar-refractivity contribution in [2.45, 2.75) is 116 Å². The molecule has 0 aromatic rings. The molecule has 0 bridgehead atoms. The number of amides is 1. The Kier molecular flexibility index (Phi) is 21.7. The van der Waals surface area contributed by atoms with E-state index in [4.69, 9.17) is 21.6 Å². The van der Waals surface area contributed by atoms with E-state index in [0.717, 1.165) is 44.9 Å². The fraction of sp³-hybridized carbons (Fsp3) is 0.667. The second-order valence-corrected chi connectivity index (χ2v) is 12.3. The molecule has 1 amide bonds. The van der Waals surface area contributed by atoms with Crippen LogP contribution in [0.25, 0.3) is 0 Å². The fourth-order valence-corrected chi connectivity index (χ4v) is 5.14. The molecule has 0 rings (SSSR count). The average Bonchev–Trinajstić information content (AvgIpc) is 2.75. The van der Waals surface area contributed by atoms with Crippen molar-refractivity contribution in [2.24, 2.45) is 0 Å². The third-order valence-electron chi connectivity index (χ3n) is 4.87. The largest absolute Gasteiger partial charge is 0.353 e. The third-order valence-corrected chi connectivity index (χ3v) is 6.22. The average molecular weight is 532 g/mol. The molecule has 0 spiro atoms. The Bertz CT molecular complexity index is 689. The van der Waals surface area contributed by atoms with Crippen LogP contribution in [0.1, 0.15) is 105 Å². The molecule has 0 aliphatic rings. The van der Waals surface area contributed by atoms with Gasteiger partial charge < -0.3 is 14.7 Å². The van der Waals surface area contributed by atoms with Gasteiger partial charge in [-0.3, -0.25) is 4.79 Å². The zero-order valence-corrected chi connectivity index (χ0v) is 24.3. The maximum atomic E-state index is 12.3. The van der Waals surface area contributed by atoms with E-state index in [9.17, 15) is 9.69 Å². The van der Waals surface area contributed by atoms with Crippen LogP contribution in [0.15, 0.2) is 49.6 Å². The van der Waals surface area contributed by atoms with Gasteiger partial charge in [-0.2, -0.15) is 4.67 Å². The lowest BCUT2D eigenvalue weighted by Gasteiger charge is -2.36. The summed E-state index contributed by atoms with van der Waals surface area (Å²) in [5.41, 5.74) is -1.43. The summed E-state index contributed by atoms with van der Waals surface area (Å²) < 4.78 is 9.20. The molecular formula is C27H50NO5PS. The molecule has 8 heteroatoms. The van der Waals surface area contributed by atoms with Gasteiger partial charge in [0.25, 0.3) is 0 Å². The van der Waals surface area contributed by atoms with Gasteiger partial charge in [0.1, 0.15) is 0 Å². The maximum absolute atomic E-state index is 12.3. The summed E-state index contributed by atoms with van der Waals surface area (Å²) in [5, 5.41) is 11.7. The lowest BCUT2D eigenvalue weighted by Crippen LogP contribution is -2.48. The molecule has 204 valence electrons. The van der Waals surface area contributed by atoms with E-state index in [-0.39, 0.29) is 5.91 Å². The summed E-state index contributed by atoms with van der Waals surface area (Å²) in [5.74, 6) is -0.00110. The third kappa shape index (κ3) is 24.4. The Morgan fingerprint density at radius 2 is 1.46 bits per heavy atom. The molecule has 0 saturated carbocycles. The Labute approximate surface area is 219 Å². The molecule has 0 radical (unpaired) electrons. The summed E-state index contributed by atoms with van der Waals surface area (Å²) in [6.45, 7) is 11.7. The molecule has 0 aliphatic carbocycles. The van der Waals surface area contributed by atoms with Gasteiger partial charge in [-0.1, -0.05) is 62.6 Å². The lowest BCUT2D eigenvalue weighted by molar-refractivity contribution is -0.158. The number of carbonyl (C=O) groups is 1. The van der Waals surface area contributed by atoms with Gasteiger partial charge in [-0.15, -0.1) is 13.2 Å². The molecule has 0 fully saturated rings. The highest BCUT2D eigenvalue weighted by Crippen LogP contribution is 2.48. The van der Waals surface area contributed by atoms with E-state index in [1.165, 1.54) is 12.8 Å². The standard InChI is InChI=1S/C25H46NO5PS.C2H4/c1-6-7-8-9-10-11-12-13-14-15-16-17-18-19-20-21-23(27)26-24(2,3)22-25(4,5)30-32(29,33)31-28;1-2/h7-8,10-11,13-14,28H,6,9,12,15-22H2,1-5H3,(H,26,27)(H,29,33);1-2H2/b8-7-,11-10-,14-13-;. The van der Waals surface area contributed by atoms with Crippen LogP contribution in [0.4, 0.5) is 0 Å². The first-order valence-corrected chi connectivity index (χ1v) is 15.1. The number of unbranched alkanes of at least 4 members (excludes halogenated alkanes) is 5. The van der Waals surface area contributed by atoms with Crippen molar-refractivity contribution in [1.29, 1.82) is 0 Å². The van der Waals surface area contributed by atoms with Gasteiger partial charge in [0.05, 0.1) is 5.60 Å². The first kappa shape index (κ1) is 36.1. The number of hydrogen-bond donors (Lipinski definition) is 3. The molecule has 0 aromatic carbocycles. The van der Waals surface area contributed by atoms with Crippen LogP contribution in [0, 0.1) is 0 Å². The minimum atomic E-state index is -3.69. The van der Waals surface area contributed by atoms with Crippen LogP contribution >= 0.6 is 6.72 Å². The Morgan fingerprint density at radius 1 is 0.943 bits per heavy atom. The summed E-state index contributed by atoms with van der Waals surface area (Å²) in [6, 6.07) is 0. The highest BCUT2D eigenvalue weighted by Gasteiger charge is 2.35. The second-order valence-electron chi connectivity index (χ2n) is 9.61. The SMILES string of the molecule is C=C.CC/C=C\C/C=C\C/C=C\CCCCCCCC(=O)NC(C)(C)CC(C)(C)OP(O)(=S)OO. The van der Waals surface area contributed by atoms with E-state index < -0.39 is 17.9 Å². The number of allylic oxidation sites excluding steroid dienone is 6. The van der Waals surface area contributed by atoms with Crippen LogP contribution in [0.2, 0.25) is 0 Å². The second kappa shape index (κ2) is 21.0. The van der Waals surface area contributed by atoms with Crippen molar-refractivity contribution in [1.82, 2.24) is 5.32 Å². The molecule has 1 atom stereocenters. The summed E-state index contributed by atoms with van der Waals surface area (Å²) in [4.78, 5) is 22.0. The van der Waals surface area contributed by atoms with Gasteiger partial charge in [-0.05, 0) is 84.4 Å².